The Morgan fingerprint density at radius 3 is 2.84 bits per heavy atom. The SMILES string of the molecule is Cc1cc(Oc2cccc(C(N)=NO)n2)ccc1Cl. The molecule has 0 aliphatic heterocycles. The van der Waals surface area contributed by atoms with Crippen molar-refractivity contribution >= 4 is 17.4 Å². The van der Waals surface area contributed by atoms with E-state index in [1.807, 2.05) is 6.92 Å². The van der Waals surface area contributed by atoms with Crippen molar-refractivity contribution < 1.29 is 9.94 Å². The summed E-state index contributed by atoms with van der Waals surface area (Å²) in [5.74, 6) is 0.898. The van der Waals surface area contributed by atoms with Crippen molar-refractivity contribution in [3.05, 3.63) is 52.7 Å². The van der Waals surface area contributed by atoms with E-state index in [1.54, 1.807) is 36.4 Å². The molecule has 1 aromatic carbocycles. The molecule has 0 unspecified atom stereocenters. The number of hydrogen-bond acceptors (Lipinski definition) is 4. The summed E-state index contributed by atoms with van der Waals surface area (Å²) in [6, 6.07) is 10.3. The molecule has 0 aliphatic carbocycles. The number of hydrogen-bond donors (Lipinski definition) is 2. The highest BCUT2D eigenvalue weighted by Gasteiger charge is 2.05. The van der Waals surface area contributed by atoms with E-state index in [-0.39, 0.29) is 5.84 Å². The molecule has 2 aromatic rings. The van der Waals surface area contributed by atoms with Crippen molar-refractivity contribution in [1.29, 1.82) is 0 Å². The molecule has 0 atom stereocenters. The van der Waals surface area contributed by atoms with Crippen LogP contribution in [0.5, 0.6) is 11.6 Å². The molecule has 98 valence electrons. The third-order valence-corrected chi connectivity index (χ3v) is 2.87. The van der Waals surface area contributed by atoms with Crippen molar-refractivity contribution in [2.45, 2.75) is 6.92 Å². The van der Waals surface area contributed by atoms with Gasteiger partial charge in [-0.05, 0) is 36.8 Å². The van der Waals surface area contributed by atoms with Crippen molar-refractivity contribution in [2.75, 3.05) is 0 Å². The first kappa shape index (κ1) is 13.2. The predicted molar refractivity (Wildman–Crippen MR) is 73.0 cm³/mol. The van der Waals surface area contributed by atoms with Gasteiger partial charge in [-0.2, -0.15) is 0 Å². The van der Waals surface area contributed by atoms with Gasteiger partial charge in [0.25, 0.3) is 0 Å². The van der Waals surface area contributed by atoms with E-state index in [9.17, 15) is 0 Å². The number of aromatic nitrogens is 1. The molecule has 3 N–H and O–H groups in total. The maximum atomic E-state index is 8.60. The molecule has 0 aliphatic rings. The van der Waals surface area contributed by atoms with Crippen molar-refractivity contribution in [3.8, 4) is 11.6 Å². The van der Waals surface area contributed by atoms with E-state index in [0.29, 0.717) is 22.3 Å². The summed E-state index contributed by atoms with van der Waals surface area (Å²) in [6.07, 6.45) is 0. The summed E-state index contributed by atoms with van der Waals surface area (Å²) in [6.45, 7) is 1.88. The van der Waals surface area contributed by atoms with Gasteiger partial charge in [-0.1, -0.05) is 22.8 Å². The largest absolute Gasteiger partial charge is 0.439 e. The minimum atomic E-state index is -0.0715. The summed E-state index contributed by atoms with van der Waals surface area (Å²) < 4.78 is 5.59. The molecule has 1 aromatic heterocycles. The van der Waals surface area contributed by atoms with E-state index in [4.69, 9.17) is 27.3 Å². The average Bonchev–Trinajstić information content (AvgIpc) is 2.42. The number of pyridine rings is 1. The number of nitrogens with zero attached hydrogens (tertiary/aromatic N) is 2. The summed E-state index contributed by atoms with van der Waals surface area (Å²) >= 11 is 5.94. The molecule has 19 heavy (non-hydrogen) atoms. The smallest absolute Gasteiger partial charge is 0.219 e. The summed E-state index contributed by atoms with van der Waals surface area (Å²) in [7, 11) is 0. The molecular formula is C13H12ClN3O2. The minimum Gasteiger partial charge on any atom is -0.439 e. The fourth-order valence-electron chi connectivity index (χ4n) is 1.47. The Morgan fingerprint density at radius 1 is 1.37 bits per heavy atom. The number of rotatable bonds is 3. The molecular weight excluding hydrogens is 266 g/mol. The predicted octanol–water partition coefficient (Wildman–Crippen LogP) is 2.93. The second-order valence-electron chi connectivity index (χ2n) is 3.86. The molecule has 6 heteroatoms. The Hall–Kier alpha value is -2.27. The molecule has 0 spiro atoms. The van der Waals surface area contributed by atoms with Gasteiger partial charge in [-0.25, -0.2) is 4.98 Å². The molecule has 0 saturated carbocycles. The van der Waals surface area contributed by atoms with Gasteiger partial charge in [0, 0.05) is 11.1 Å². The highest BCUT2D eigenvalue weighted by Crippen LogP contribution is 2.24. The van der Waals surface area contributed by atoms with E-state index < -0.39 is 0 Å². The zero-order valence-corrected chi connectivity index (χ0v) is 10.9. The number of amidine groups is 1. The quantitative estimate of drug-likeness (QED) is 0.391. The lowest BCUT2D eigenvalue weighted by Gasteiger charge is -2.07. The van der Waals surface area contributed by atoms with Crippen LogP contribution in [0.3, 0.4) is 0 Å². The van der Waals surface area contributed by atoms with Gasteiger partial charge in [0.2, 0.25) is 5.88 Å². The van der Waals surface area contributed by atoms with Gasteiger partial charge in [0.05, 0.1) is 0 Å². The lowest BCUT2D eigenvalue weighted by molar-refractivity contribution is 0.318. The van der Waals surface area contributed by atoms with Crippen LogP contribution < -0.4 is 10.5 Å². The third-order valence-electron chi connectivity index (χ3n) is 2.45. The topological polar surface area (TPSA) is 80.7 Å². The zero-order chi connectivity index (χ0) is 13.8. The lowest BCUT2D eigenvalue weighted by Crippen LogP contribution is -2.14. The molecule has 0 bridgehead atoms. The molecule has 0 radical (unpaired) electrons. The van der Waals surface area contributed by atoms with Gasteiger partial charge >= 0.3 is 0 Å². The average molecular weight is 278 g/mol. The van der Waals surface area contributed by atoms with Crippen LogP contribution in [0.15, 0.2) is 41.6 Å². The van der Waals surface area contributed by atoms with Crippen molar-refractivity contribution in [2.24, 2.45) is 10.9 Å². The lowest BCUT2D eigenvalue weighted by atomic mass is 10.2. The Kier molecular flexibility index (Phi) is 3.87. The van der Waals surface area contributed by atoms with Crippen LogP contribution in [0.2, 0.25) is 5.02 Å². The number of benzene rings is 1. The van der Waals surface area contributed by atoms with Crippen LogP contribution in [-0.4, -0.2) is 16.0 Å². The van der Waals surface area contributed by atoms with Crippen LogP contribution in [0.1, 0.15) is 11.3 Å². The van der Waals surface area contributed by atoms with Gasteiger partial charge in [0.1, 0.15) is 11.4 Å². The second-order valence-corrected chi connectivity index (χ2v) is 4.27. The highest BCUT2D eigenvalue weighted by atomic mass is 35.5. The fraction of sp³-hybridized carbons (Fsp3) is 0.0769. The first-order valence-corrected chi connectivity index (χ1v) is 5.87. The standard InChI is InChI=1S/C13H12ClN3O2/c1-8-7-9(5-6-10(8)14)19-12-4-2-3-11(16-12)13(15)17-18/h2-7,18H,1H3,(H2,15,17). The van der Waals surface area contributed by atoms with Crippen LogP contribution in [0.4, 0.5) is 0 Å². The van der Waals surface area contributed by atoms with E-state index in [0.717, 1.165) is 5.56 Å². The summed E-state index contributed by atoms with van der Waals surface area (Å²) in [4.78, 5) is 4.12. The Balaban J connectivity index is 2.26. The number of nitrogens with two attached hydrogens (primary N) is 1. The molecule has 0 saturated heterocycles. The van der Waals surface area contributed by atoms with Crippen molar-refractivity contribution in [1.82, 2.24) is 4.98 Å². The highest BCUT2D eigenvalue weighted by molar-refractivity contribution is 6.31. The first-order valence-electron chi connectivity index (χ1n) is 5.49. The first-order chi connectivity index (χ1) is 9.10. The monoisotopic (exact) mass is 277 g/mol. The van der Waals surface area contributed by atoms with Crippen LogP contribution in [0, 0.1) is 6.92 Å². The normalized spacial score (nSPS) is 11.4. The fourth-order valence-corrected chi connectivity index (χ4v) is 1.58. The molecule has 5 nitrogen and oxygen atoms in total. The summed E-state index contributed by atoms with van der Waals surface area (Å²) in [5, 5.41) is 12.2. The van der Waals surface area contributed by atoms with Crippen LogP contribution in [-0.2, 0) is 0 Å². The summed E-state index contributed by atoms with van der Waals surface area (Å²) in [5.41, 5.74) is 6.71. The Bertz CT molecular complexity index is 629. The number of oxime groups is 1. The molecule has 1 heterocycles. The molecule has 0 amide bonds. The number of ether oxygens (including phenoxy) is 1. The van der Waals surface area contributed by atoms with Gasteiger partial charge in [-0.15, -0.1) is 0 Å². The number of aryl methyl sites for hydroxylation is 1. The minimum absolute atomic E-state index is 0.0715. The van der Waals surface area contributed by atoms with Gasteiger partial charge < -0.3 is 15.7 Å². The van der Waals surface area contributed by atoms with Crippen molar-refractivity contribution in [3.63, 3.8) is 0 Å². The van der Waals surface area contributed by atoms with Crippen LogP contribution in [0.25, 0.3) is 0 Å². The zero-order valence-electron chi connectivity index (χ0n) is 10.2. The second kappa shape index (κ2) is 5.58. The maximum absolute atomic E-state index is 8.60. The molecule has 2 rings (SSSR count). The van der Waals surface area contributed by atoms with E-state index in [2.05, 4.69) is 10.1 Å². The third kappa shape index (κ3) is 3.14. The van der Waals surface area contributed by atoms with E-state index >= 15 is 0 Å². The van der Waals surface area contributed by atoms with Gasteiger partial charge in [0.15, 0.2) is 5.84 Å². The van der Waals surface area contributed by atoms with Crippen LogP contribution >= 0.6 is 11.6 Å². The Morgan fingerprint density at radius 2 is 2.16 bits per heavy atom. The van der Waals surface area contributed by atoms with E-state index in [1.165, 1.54) is 0 Å². The van der Waals surface area contributed by atoms with Gasteiger partial charge in [-0.3, -0.25) is 0 Å². The Labute approximate surface area is 115 Å². The molecule has 0 fully saturated rings. The number of halogens is 1. The maximum Gasteiger partial charge on any atom is 0.219 e.